The van der Waals surface area contributed by atoms with Crippen LogP contribution in [0.1, 0.15) is 63.7 Å². The normalized spacial score (nSPS) is 17.2. The van der Waals surface area contributed by atoms with Crippen molar-refractivity contribution in [2.24, 2.45) is 0 Å². The van der Waals surface area contributed by atoms with Crippen molar-refractivity contribution in [2.45, 2.75) is 58.2 Å². The smallest absolute Gasteiger partial charge is 0.419 e. The summed E-state index contributed by atoms with van der Waals surface area (Å²) < 4.78 is 12.8. The molecule has 0 bridgehead atoms. The van der Waals surface area contributed by atoms with Gasteiger partial charge in [0.2, 0.25) is 0 Å². The average Bonchev–Trinajstić information content (AvgIpc) is 3.53. The van der Waals surface area contributed by atoms with E-state index in [4.69, 9.17) is 14.5 Å². The van der Waals surface area contributed by atoms with Gasteiger partial charge in [0.25, 0.3) is 0 Å². The van der Waals surface area contributed by atoms with Crippen LogP contribution in [0.5, 0.6) is 5.75 Å². The van der Waals surface area contributed by atoms with E-state index in [9.17, 15) is 4.79 Å². The molecule has 6 nitrogen and oxygen atoms in total. The zero-order chi connectivity index (χ0) is 26.2. The van der Waals surface area contributed by atoms with Gasteiger partial charge >= 0.3 is 6.09 Å². The van der Waals surface area contributed by atoms with E-state index in [0.29, 0.717) is 0 Å². The molecule has 0 aliphatic carbocycles. The molecule has 2 aromatic heterocycles. The van der Waals surface area contributed by atoms with Crippen LogP contribution in [-0.4, -0.2) is 39.8 Å². The molecule has 0 radical (unpaired) electrons. The van der Waals surface area contributed by atoms with E-state index < -0.39 is 11.7 Å². The van der Waals surface area contributed by atoms with Crippen LogP contribution in [0.3, 0.4) is 0 Å². The maximum atomic E-state index is 13.3. The summed E-state index contributed by atoms with van der Waals surface area (Å²) in [6, 6.07) is 23.0. The summed E-state index contributed by atoms with van der Waals surface area (Å²) in [6.45, 7) is 8.95. The molecule has 1 fully saturated rings. The van der Waals surface area contributed by atoms with Crippen LogP contribution >= 0.6 is 0 Å². The molecule has 192 valence electrons. The monoisotopic (exact) mass is 497 g/mol. The number of ether oxygens (including phenoxy) is 2. The Balaban J connectivity index is 1.50. The third-order valence-electron chi connectivity index (χ3n) is 7.11. The molecule has 6 heteroatoms. The number of para-hydroxylation sites is 1. The molecule has 0 spiro atoms. The van der Waals surface area contributed by atoms with Gasteiger partial charge in [-0.3, -0.25) is 9.88 Å². The predicted octanol–water partition coefficient (Wildman–Crippen LogP) is 7.39. The maximum absolute atomic E-state index is 13.3. The zero-order valence-corrected chi connectivity index (χ0v) is 22.3. The molecule has 5 rings (SSSR count). The van der Waals surface area contributed by atoms with E-state index >= 15 is 0 Å². The first-order valence-corrected chi connectivity index (χ1v) is 12.9. The van der Waals surface area contributed by atoms with Gasteiger partial charge in [0.15, 0.2) is 0 Å². The summed E-state index contributed by atoms with van der Waals surface area (Å²) in [5.41, 5.74) is 4.20. The van der Waals surface area contributed by atoms with Gasteiger partial charge in [0.05, 0.1) is 24.0 Å². The number of hydrogen-bond donors (Lipinski definition) is 0. The summed E-state index contributed by atoms with van der Waals surface area (Å²) >= 11 is 0. The third kappa shape index (κ3) is 5.12. The lowest BCUT2D eigenvalue weighted by molar-refractivity contribution is 0.0547. The Hall–Kier alpha value is -3.64. The highest BCUT2D eigenvalue weighted by atomic mass is 16.6. The number of methoxy groups -OCH3 is 1. The van der Waals surface area contributed by atoms with Crippen LogP contribution in [0, 0.1) is 0 Å². The van der Waals surface area contributed by atoms with E-state index in [0.717, 1.165) is 47.4 Å². The number of rotatable bonds is 5. The quantitative estimate of drug-likeness (QED) is 0.288. The number of nitrogens with zero attached hydrogens (tertiary/aromatic N) is 3. The minimum absolute atomic E-state index is 0.267. The SMILES string of the molecule is COc1ccc([C@@H](C)N2CCC[C@H]2c2ccnc(-c3cc4ccccc4n3C(=O)OC(C)(C)C)c2)cc1. The summed E-state index contributed by atoms with van der Waals surface area (Å²) in [6.07, 6.45) is 3.68. The van der Waals surface area contributed by atoms with Crippen LogP contribution in [-0.2, 0) is 4.74 Å². The molecule has 0 unspecified atom stereocenters. The Morgan fingerprint density at radius 3 is 2.54 bits per heavy atom. The molecule has 2 aromatic carbocycles. The number of fused-ring (bicyclic) bond motifs is 1. The Morgan fingerprint density at radius 2 is 1.81 bits per heavy atom. The predicted molar refractivity (Wildman–Crippen MR) is 147 cm³/mol. The number of carbonyl (C=O) groups is 1. The second-order valence-corrected chi connectivity index (χ2v) is 10.7. The van der Waals surface area contributed by atoms with E-state index in [1.165, 1.54) is 11.1 Å². The second-order valence-electron chi connectivity index (χ2n) is 10.7. The third-order valence-corrected chi connectivity index (χ3v) is 7.11. The average molecular weight is 498 g/mol. The topological polar surface area (TPSA) is 56.6 Å². The van der Waals surface area contributed by atoms with Crippen molar-refractivity contribution >= 4 is 17.0 Å². The number of carbonyl (C=O) groups excluding carboxylic acids is 1. The zero-order valence-electron chi connectivity index (χ0n) is 22.3. The van der Waals surface area contributed by atoms with Crippen molar-refractivity contribution in [2.75, 3.05) is 13.7 Å². The molecule has 3 heterocycles. The number of benzene rings is 2. The molecule has 4 aromatic rings. The first-order valence-electron chi connectivity index (χ1n) is 12.9. The summed E-state index contributed by atoms with van der Waals surface area (Å²) in [7, 11) is 1.69. The van der Waals surface area contributed by atoms with Crippen LogP contribution in [0.4, 0.5) is 4.79 Å². The molecule has 0 saturated carbocycles. The minimum Gasteiger partial charge on any atom is -0.497 e. The van der Waals surface area contributed by atoms with Crippen molar-refractivity contribution < 1.29 is 14.3 Å². The number of pyridine rings is 1. The first-order chi connectivity index (χ1) is 17.7. The van der Waals surface area contributed by atoms with E-state index in [1.807, 2.05) is 69.4 Å². The molecule has 37 heavy (non-hydrogen) atoms. The van der Waals surface area contributed by atoms with Crippen LogP contribution in [0.15, 0.2) is 72.9 Å². The fraction of sp³-hybridized carbons (Fsp3) is 0.355. The fourth-order valence-corrected chi connectivity index (χ4v) is 5.33. The lowest BCUT2D eigenvalue weighted by Gasteiger charge is -2.31. The van der Waals surface area contributed by atoms with Gasteiger partial charge in [0.1, 0.15) is 11.4 Å². The second kappa shape index (κ2) is 10.0. The van der Waals surface area contributed by atoms with Gasteiger partial charge in [-0.2, -0.15) is 0 Å². The highest BCUT2D eigenvalue weighted by Crippen LogP contribution is 2.40. The van der Waals surface area contributed by atoms with Crippen molar-refractivity contribution in [1.29, 1.82) is 0 Å². The van der Waals surface area contributed by atoms with E-state index in [1.54, 1.807) is 11.7 Å². The van der Waals surface area contributed by atoms with Crippen molar-refractivity contribution in [3.63, 3.8) is 0 Å². The molecule has 1 saturated heterocycles. The largest absolute Gasteiger partial charge is 0.497 e. The van der Waals surface area contributed by atoms with Gasteiger partial charge in [0, 0.05) is 23.7 Å². The maximum Gasteiger partial charge on any atom is 0.419 e. The summed E-state index contributed by atoms with van der Waals surface area (Å²) in [5.74, 6) is 0.869. The van der Waals surface area contributed by atoms with E-state index in [-0.39, 0.29) is 12.1 Å². The molecular weight excluding hydrogens is 462 g/mol. The molecule has 1 aliphatic rings. The van der Waals surface area contributed by atoms with Crippen LogP contribution in [0.25, 0.3) is 22.3 Å². The summed E-state index contributed by atoms with van der Waals surface area (Å²) in [4.78, 5) is 20.6. The van der Waals surface area contributed by atoms with Crippen LogP contribution < -0.4 is 4.74 Å². The highest BCUT2D eigenvalue weighted by molar-refractivity contribution is 5.95. The Bertz CT molecular complexity index is 1400. The Kier molecular flexibility index (Phi) is 6.78. The molecule has 0 N–H and O–H groups in total. The van der Waals surface area contributed by atoms with E-state index in [2.05, 4.69) is 36.1 Å². The van der Waals surface area contributed by atoms with Crippen LogP contribution in [0.2, 0.25) is 0 Å². The highest BCUT2D eigenvalue weighted by Gasteiger charge is 2.31. The van der Waals surface area contributed by atoms with Gasteiger partial charge in [-0.1, -0.05) is 30.3 Å². The fourth-order valence-electron chi connectivity index (χ4n) is 5.33. The molecule has 2 atom stereocenters. The molecular formula is C31H35N3O3. The van der Waals surface area contributed by atoms with Gasteiger partial charge in [-0.05, 0) is 94.6 Å². The lowest BCUT2D eigenvalue weighted by atomic mass is 10.0. The van der Waals surface area contributed by atoms with Crippen molar-refractivity contribution in [3.8, 4) is 17.1 Å². The lowest BCUT2D eigenvalue weighted by Crippen LogP contribution is -2.27. The Morgan fingerprint density at radius 1 is 1.05 bits per heavy atom. The number of hydrogen-bond acceptors (Lipinski definition) is 5. The van der Waals surface area contributed by atoms with Gasteiger partial charge in [-0.15, -0.1) is 0 Å². The van der Waals surface area contributed by atoms with Crippen molar-refractivity contribution in [3.05, 3.63) is 84.1 Å². The number of aromatic nitrogens is 2. The minimum atomic E-state index is -0.600. The standard InChI is InChI=1S/C31H35N3O3/c1-21(22-12-14-25(36-5)15-13-22)33-18-8-11-27(33)24-16-17-32-26(19-24)29-20-23-9-6-7-10-28(23)34(29)30(35)37-31(2,3)4/h6-7,9-10,12-17,19-21,27H,8,11,18H2,1-5H3/t21-,27+/m1/s1. The van der Waals surface area contributed by atoms with Crippen molar-refractivity contribution in [1.82, 2.24) is 14.5 Å². The molecule has 1 aliphatic heterocycles. The van der Waals surface area contributed by atoms with Gasteiger partial charge in [-0.25, -0.2) is 9.36 Å². The Labute approximate surface area is 218 Å². The van der Waals surface area contributed by atoms with Gasteiger partial charge < -0.3 is 9.47 Å². The number of likely N-dealkylation sites (tertiary alicyclic amines) is 1. The first kappa shape index (κ1) is 25.0. The molecule has 0 amide bonds. The summed E-state index contributed by atoms with van der Waals surface area (Å²) in [5, 5.41) is 0.978.